The van der Waals surface area contributed by atoms with E-state index in [4.69, 9.17) is 4.74 Å². The van der Waals surface area contributed by atoms with Gasteiger partial charge in [-0.2, -0.15) is 0 Å². The first kappa shape index (κ1) is 15.8. The Balaban J connectivity index is 1.56. The van der Waals surface area contributed by atoms with Crippen molar-refractivity contribution in [2.45, 2.75) is 0 Å². The van der Waals surface area contributed by atoms with E-state index in [1.54, 1.807) is 24.3 Å². The Bertz CT molecular complexity index is 1030. The summed E-state index contributed by atoms with van der Waals surface area (Å²) in [4.78, 5) is 33.0. The minimum atomic E-state index is -0.399. The summed E-state index contributed by atoms with van der Waals surface area (Å²) >= 11 is 0. The van der Waals surface area contributed by atoms with E-state index < -0.39 is 5.91 Å². The van der Waals surface area contributed by atoms with E-state index in [0.717, 1.165) is 11.1 Å². The van der Waals surface area contributed by atoms with Crippen LogP contribution in [0.25, 0.3) is 11.1 Å². The molecule has 0 atom stereocenters. The minimum Gasteiger partial charge on any atom is -0.478 e. The van der Waals surface area contributed by atoms with Crippen LogP contribution in [0.4, 0.5) is 5.82 Å². The van der Waals surface area contributed by atoms with Gasteiger partial charge in [-0.15, -0.1) is 0 Å². The second-order valence-electron chi connectivity index (χ2n) is 5.63. The molecule has 1 aliphatic rings. The summed E-state index contributed by atoms with van der Waals surface area (Å²) < 4.78 is 5.06. The number of ketones is 1. The molecule has 0 spiro atoms. The highest BCUT2D eigenvalue weighted by Crippen LogP contribution is 2.36. The normalized spacial score (nSPS) is 11.5. The molecule has 0 unspecified atom stereocenters. The molecule has 1 aliphatic carbocycles. The van der Waals surface area contributed by atoms with Gasteiger partial charge < -0.3 is 4.74 Å². The number of rotatable bonds is 4. The van der Waals surface area contributed by atoms with Gasteiger partial charge in [0.15, 0.2) is 5.78 Å². The topological polar surface area (TPSA) is 93.2 Å². The van der Waals surface area contributed by atoms with Crippen LogP contribution in [-0.2, 0) is 0 Å². The van der Waals surface area contributed by atoms with Crippen molar-refractivity contribution >= 4 is 17.5 Å². The van der Waals surface area contributed by atoms with Crippen molar-refractivity contribution in [3.05, 3.63) is 71.5 Å². The summed E-state index contributed by atoms with van der Waals surface area (Å²) in [5.41, 5.74) is 8.48. The van der Waals surface area contributed by atoms with Gasteiger partial charge in [0.1, 0.15) is 0 Å². The molecule has 7 heteroatoms. The molecule has 2 N–H and O–H groups in total. The summed E-state index contributed by atoms with van der Waals surface area (Å²) in [5.74, 6) is 0.0680. The van der Waals surface area contributed by atoms with E-state index in [-0.39, 0.29) is 17.5 Å². The Hall–Kier alpha value is -3.74. The highest BCUT2D eigenvalue weighted by molar-refractivity contribution is 6.22. The van der Waals surface area contributed by atoms with Crippen LogP contribution in [0.2, 0.25) is 0 Å². The predicted molar refractivity (Wildman–Crippen MR) is 95.0 cm³/mol. The van der Waals surface area contributed by atoms with Crippen molar-refractivity contribution in [1.82, 2.24) is 15.4 Å². The second-order valence-corrected chi connectivity index (χ2v) is 5.63. The Morgan fingerprint density at radius 1 is 0.962 bits per heavy atom. The van der Waals surface area contributed by atoms with Crippen LogP contribution in [0.5, 0.6) is 5.88 Å². The SMILES string of the molecule is COc1nccnc1NNC(=O)c1ccc2c(c1)C(=O)c1ccccc1-2. The molecule has 2 aromatic carbocycles. The number of benzene rings is 2. The molecule has 7 nitrogen and oxygen atoms in total. The van der Waals surface area contributed by atoms with Crippen molar-refractivity contribution in [3.63, 3.8) is 0 Å². The Kier molecular flexibility index (Phi) is 3.81. The highest BCUT2D eigenvalue weighted by atomic mass is 16.5. The standard InChI is InChI=1S/C19H14N4O3/c1-26-19-17(20-8-9-21-19)22-23-18(25)11-6-7-13-12-4-2-3-5-14(12)16(24)15(13)10-11/h2-10H,1H3,(H,20,22)(H,23,25). The third kappa shape index (κ3) is 2.55. The number of nitrogens with one attached hydrogen (secondary N) is 2. The van der Waals surface area contributed by atoms with E-state index in [9.17, 15) is 9.59 Å². The lowest BCUT2D eigenvalue weighted by Crippen LogP contribution is -2.30. The highest BCUT2D eigenvalue weighted by Gasteiger charge is 2.27. The molecule has 0 saturated heterocycles. The first-order valence-electron chi connectivity index (χ1n) is 7.88. The van der Waals surface area contributed by atoms with Crippen LogP contribution in [0, 0.1) is 0 Å². The molecule has 26 heavy (non-hydrogen) atoms. The fourth-order valence-corrected chi connectivity index (χ4v) is 2.92. The summed E-state index contributed by atoms with van der Waals surface area (Å²) in [6, 6.07) is 12.5. The number of hydrazine groups is 1. The lowest BCUT2D eigenvalue weighted by Gasteiger charge is -2.10. The third-order valence-corrected chi connectivity index (χ3v) is 4.14. The number of nitrogens with zero attached hydrogens (tertiary/aromatic N) is 2. The first-order valence-corrected chi connectivity index (χ1v) is 7.88. The van der Waals surface area contributed by atoms with Gasteiger partial charge in [-0.1, -0.05) is 30.3 Å². The number of hydrogen-bond donors (Lipinski definition) is 2. The lowest BCUT2D eigenvalue weighted by atomic mass is 10.0. The second kappa shape index (κ2) is 6.29. The molecule has 0 aliphatic heterocycles. The number of carbonyl (C=O) groups is 2. The van der Waals surface area contributed by atoms with E-state index in [0.29, 0.717) is 16.7 Å². The fourth-order valence-electron chi connectivity index (χ4n) is 2.92. The van der Waals surface area contributed by atoms with Gasteiger partial charge in [0, 0.05) is 29.1 Å². The van der Waals surface area contributed by atoms with Crippen molar-refractivity contribution in [1.29, 1.82) is 0 Å². The summed E-state index contributed by atoms with van der Waals surface area (Å²) in [6.07, 6.45) is 2.96. The van der Waals surface area contributed by atoms with Crippen LogP contribution in [-0.4, -0.2) is 28.8 Å². The zero-order valence-corrected chi connectivity index (χ0v) is 13.8. The Labute approximate surface area is 149 Å². The maximum absolute atomic E-state index is 12.5. The molecular formula is C19H14N4O3. The van der Waals surface area contributed by atoms with E-state index in [2.05, 4.69) is 20.8 Å². The molecule has 1 aromatic heterocycles. The van der Waals surface area contributed by atoms with E-state index >= 15 is 0 Å². The zero-order chi connectivity index (χ0) is 18.1. The number of fused-ring (bicyclic) bond motifs is 3. The number of anilines is 1. The predicted octanol–water partition coefficient (Wildman–Crippen LogP) is 2.45. The van der Waals surface area contributed by atoms with Crippen molar-refractivity contribution in [3.8, 4) is 17.0 Å². The third-order valence-electron chi connectivity index (χ3n) is 4.14. The minimum absolute atomic E-state index is 0.0752. The number of amides is 1. The smallest absolute Gasteiger partial charge is 0.269 e. The van der Waals surface area contributed by atoms with Gasteiger partial charge in [0.25, 0.3) is 11.8 Å². The van der Waals surface area contributed by atoms with Crippen LogP contribution >= 0.6 is 0 Å². The lowest BCUT2D eigenvalue weighted by molar-refractivity contribution is 0.0962. The van der Waals surface area contributed by atoms with Crippen LogP contribution < -0.4 is 15.6 Å². The van der Waals surface area contributed by atoms with Crippen LogP contribution in [0.3, 0.4) is 0 Å². The van der Waals surface area contributed by atoms with Gasteiger partial charge >= 0.3 is 0 Å². The molecule has 0 radical (unpaired) electrons. The Morgan fingerprint density at radius 2 is 1.69 bits per heavy atom. The number of methoxy groups -OCH3 is 1. The first-order chi connectivity index (χ1) is 12.7. The van der Waals surface area contributed by atoms with Gasteiger partial charge in [-0.05, 0) is 23.3 Å². The summed E-state index contributed by atoms with van der Waals surface area (Å²) in [6.45, 7) is 0. The maximum Gasteiger partial charge on any atom is 0.269 e. The van der Waals surface area contributed by atoms with Crippen molar-refractivity contribution in [2.75, 3.05) is 12.5 Å². The van der Waals surface area contributed by atoms with Gasteiger partial charge in [0.05, 0.1) is 7.11 Å². The largest absolute Gasteiger partial charge is 0.478 e. The van der Waals surface area contributed by atoms with Crippen molar-refractivity contribution < 1.29 is 14.3 Å². The molecule has 128 valence electrons. The molecule has 3 aromatic rings. The maximum atomic E-state index is 12.5. The van der Waals surface area contributed by atoms with Crippen LogP contribution in [0.15, 0.2) is 54.9 Å². The number of ether oxygens (including phenoxy) is 1. The molecule has 4 rings (SSSR count). The molecule has 0 fully saturated rings. The van der Waals surface area contributed by atoms with E-state index in [1.807, 2.05) is 18.2 Å². The zero-order valence-electron chi connectivity index (χ0n) is 13.8. The molecule has 0 bridgehead atoms. The molecule has 1 amide bonds. The summed E-state index contributed by atoms with van der Waals surface area (Å²) in [7, 11) is 1.46. The monoisotopic (exact) mass is 346 g/mol. The average molecular weight is 346 g/mol. The van der Waals surface area contributed by atoms with Gasteiger partial charge in [-0.3, -0.25) is 20.4 Å². The Morgan fingerprint density at radius 3 is 2.50 bits per heavy atom. The van der Waals surface area contributed by atoms with Crippen LogP contribution in [0.1, 0.15) is 26.3 Å². The number of carbonyl (C=O) groups excluding carboxylic acids is 2. The molecule has 1 heterocycles. The fraction of sp³-hybridized carbons (Fsp3) is 0.0526. The average Bonchev–Trinajstić information content (AvgIpc) is 2.98. The van der Waals surface area contributed by atoms with E-state index in [1.165, 1.54) is 19.5 Å². The molecule has 0 saturated carbocycles. The quantitative estimate of drug-likeness (QED) is 0.551. The van der Waals surface area contributed by atoms with Crippen molar-refractivity contribution in [2.24, 2.45) is 0 Å². The number of aromatic nitrogens is 2. The number of hydrogen-bond acceptors (Lipinski definition) is 6. The summed E-state index contributed by atoms with van der Waals surface area (Å²) in [5, 5.41) is 0. The van der Waals surface area contributed by atoms with Gasteiger partial charge in [0.2, 0.25) is 5.82 Å². The molecular weight excluding hydrogens is 332 g/mol. The van der Waals surface area contributed by atoms with Gasteiger partial charge in [-0.25, -0.2) is 9.97 Å².